The number of nitrogens with one attached hydrogen (secondary N) is 1. The molecule has 0 aromatic carbocycles. The van der Waals surface area contributed by atoms with Gasteiger partial charge in [0.25, 0.3) is 0 Å². The van der Waals surface area contributed by atoms with Crippen LogP contribution in [-0.4, -0.2) is 42.4 Å². The minimum atomic E-state index is -4.33. The Morgan fingerprint density at radius 2 is 2.30 bits per heavy atom. The van der Waals surface area contributed by atoms with E-state index in [-0.39, 0.29) is 18.9 Å². The first kappa shape index (κ1) is 16.7. The molecule has 0 spiro atoms. The smallest absolute Gasteiger partial charge is 0.378 e. The number of thiazole rings is 1. The molecule has 1 aromatic heterocycles. The lowest BCUT2D eigenvalue weighted by atomic mass is 9.72. The molecular formula is C14H17F3N2O3S. The molecule has 128 valence electrons. The maximum atomic E-state index is 12.7. The van der Waals surface area contributed by atoms with Gasteiger partial charge < -0.3 is 14.8 Å². The topological polar surface area (TPSA) is 60.5 Å². The van der Waals surface area contributed by atoms with Crippen molar-refractivity contribution in [2.45, 2.75) is 43.8 Å². The number of rotatable bonds is 6. The highest BCUT2D eigenvalue weighted by Gasteiger charge is 2.65. The van der Waals surface area contributed by atoms with Gasteiger partial charge in [-0.05, 0) is 18.8 Å². The van der Waals surface area contributed by atoms with Gasteiger partial charge >= 0.3 is 6.18 Å². The minimum Gasteiger partial charge on any atom is -0.378 e. The van der Waals surface area contributed by atoms with Crippen molar-refractivity contribution >= 4 is 17.2 Å². The lowest BCUT2D eigenvalue weighted by Gasteiger charge is -2.35. The van der Waals surface area contributed by atoms with E-state index in [0.717, 1.165) is 5.01 Å². The Balaban J connectivity index is 1.47. The summed E-state index contributed by atoms with van der Waals surface area (Å²) in [5.74, 6) is -0.738. The van der Waals surface area contributed by atoms with Crippen LogP contribution in [0.4, 0.5) is 13.2 Å². The van der Waals surface area contributed by atoms with Crippen molar-refractivity contribution in [2.24, 2.45) is 5.92 Å². The van der Waals surface area contributed by atoms with Crippen LogP contribution in [0.2, 0.25) is 0 Å². The second kappa shape index (κ2) is 6.03. The van der Waals surface area contributed by atoms with E-state index >= 15 is 0 Å². The number of hydrogen-bond donors (Lipinski definition) is 1. The zero-order valence-corrected chi connectivity index (χ0v) is 13.3. The van der Waals surface area contributed by atoms with E-state index in [1.54, 1.807) is 12.5 Å². The third-order valence-corrected chi connectivity index (χ3v) is 5.08. The van der Waals surface area contributed by atoms with Gasteiger partial charge in [-0.3, -0.25) is 4.79 Å². The molecule has 1 aliphatic carbocycles. The summed E-state index contributed by atoms with van der Waals surface area (Å²) in [4.78, 5) is 16.2. The molecule has 1 saturated carbocycles. The van der Waals surface area contributed by atoms with Crippen molar-refractivity contribution in [3.8, 4) is 0 Å². The number of fused-ring (bicyclic) bond motifs is 1. The summed E-state index contributed by atoms with van der Waals surface area (Å²) < 4.78 is 48.3. The molecule has 2 aliphatic heterocycles. The molecule has 2 bridgehead atoms. The van der Waals surface area contributed by atoms with Crippen LogP contribution < -0.4 is 5.32 Å². The van der Waals surface area contributed by atoms with Crippen LogP contribution in [0.25, 0.3) is 0 Å². The Kier molecular flexibility index (Phi) is 4.37. The number of hydrogen-bond acceptors (Lipinski definition) is 5. The van der Waals surface area contributed by atoms with Gasteiger partial charge in [-0.1, -0.05) is 0 Å². The first-order valence-electron chi connectivity index (χ1n) is 7.25. The van der Waals surface area contributed by atoms with Gasteiger partial charge in [0.05, 0.1) is 24.3 Å². The Hall–Kier alpha value is -1.19. The van der Waals surface area contributed by atoms with E-state index < -0.39 is 23.8 Å². The number of carbonyl (C=O) groups excluding carboxylic acids is 1. The molecule has 3 heterocycles. The van der Waals surface area contributed by atoms with Gasteiger partial charge in [0.15, 0.2) is 6.10 Å². The molecule has 5 nitrogen and oxygen atoms in total. The fraction of sp³-hybridized carbons (Fsp3) is 0.714. The van der Waals surface area contributed by atoms with Gasteiger partial charge in [0, 0.05) is 19.0 Å². The number of aromatic nitrogens is 1. The molecule has 1 N–H and O–H groups in total. The molecule has 1 atom stereocenters. The molecule has 3 fully saturated rings. The fourth-order valence-electron chi connectivity index (χ4n) is 3.20. The quantitative estimate of drug-likeness (QED) is 0.853. The Morgan fingerprint density at radius 1 is 1.57 bits per heavy atom. The predicted octanol–water partition coefficient (Wildman–Crippen LogP) is 2.06. The monoisotopic (exact) mass is 350 g/mol. The van der Waals surface area contributed by atoms with Crippen LogP contribution in [0.15, 0.2) is 5.38 Å². The lowest BCUT2D eigenvalue weighted by Crippen LogP contribution is -2.47. The maximum Gasteiger partial charge on any atom is 0.414 e. The SMILES string of the molecule is COCc1nc(CC(=O)NCC23CC(C2)C(C(F)(F)F)O3)cs1. The predicted molar refractivity (Wildman–Crippen MR) is 75.9 cm³/mol. The summed E-state index contributed by atoms with van der Waals surface area (Å²) in [7, 11) is 1.56. The van der Waals surface area contributed by atoms with E-state index in [1.807, 2.05) is 0 Å². The van der Waals surface area contributed by atoms with E-state index in [0.29, 0.717) is 25.1 Å². The number of methoxy groups -OCH3 is 1. The highest BCUT2D eigenvalue weighted by Crippen LogP contribution is 2.56. The second-order valence-corrected chi connectivity index (χ2v) is 6.99. The van der Waals surface area contributed by atoms with Crippen LogP contribution in [0.1, 0.15) is 23.5 Å². The standard InChI is InChI=1S/C14H17F3N2O3S/c1-21-5-11-19-9(6-23-11)2-10(20)18-7-13-3-8(4-13)12(22-13)14(15,16)17/h6,8,12H,2-5,7H2,1H3,(H,18,20). The van der Waals surface area contributed by atoms with Gasteiger partial charge in [0.1, 0.15) is 5.01 Å². The van der Waals surface area contributed by atoms with Crippen LogP contribution in [0, 0.1) is 5.92 Å². The Morgan fingerprint density at radius 3 is 2.91 bits per heavy atom. The van der Waals surface area contributed by atoms with Gasteiger partial charge in [-0.25, -0.2) is 4.98 Å². The summed E-state index contributed by atoms with van der Waals surface area (Å²) in [5.41, 5.74) is -0.215. The summed E-state index contributed by atoms with van der Waals surface area (Å²) >= 11 is 1.40. The van der Waals surface area contributed by atoms with Crippen LogP contribution >= 0.6 is 11.3 Å². The molecule has 23 heavy (non-hydrogen) atoms. The molecule has 3 aliphatic rings. The first-order chi connectivity index (χ1) is 10.8. The van der Waals surface area contributed by atoms with Crippen molar-refractivity contribution in [1.29, 1.82) is 0 Å². The molecule has 0 radical (unpaired) electrons. The molecule has 4 rings (SSSR count). The van der Waals surface area contributed by atoms with E-state index in [1.165, 1.54) is 11.3 Å². The Bertz CT molecular complexity index is 584. The minimum absolute atomic E-state index is 0.0996. The molecule has 1 amide bonds. The third-order valence-electron chi connectivity index (χ3n) is 4.21. The van der Waals surface area contributed by atoms with E-state index in [9.17, 15) is 18.0 Å². The zero-order valence-electron chi connectivity index (χ0n) is 12.5. The van der Waals surface area contributed by atoms with Gasteiger partial charge in [-0.15, -0.1) is 11.3 Å². The molecule has 1 unspecified atom stereocenters. The number of halogens is 3. The average Bonchev–Trinajstić information content (AvgIpc) is 3.09. The molecule has 2 saturated heterocycles. The molecule has 9 heteroatoms. The molecule has 1 aromatic rings. The van der Waals surface area contributed by atoms with Crippen molar-refractivity contribution in [1.82, 2.24) is 10.3 Å². The summed E-state index contributed by atoms with van der Waals surface area (Å²) in [5, 5.41) is 5.22. The first-order valence-corrected chi connectivity index (χ1v) is 8.13. The van der Waals surface area contributed by atoms with Crippen molar-refractivity contribution < 1.29 is 27.4 Å². The van der Waals surface area contributed by atoms with Crippen molar-refractivity contribution in [3.05, 3.63) is 16.1 Å². The highest BCUT2D eigenvalue weighted by molar-refractivity contribution is 7.09. The number of nitrogens with zero attached hydrogens (tertiary/aromatic N) is 1. The highest BCUT2D eigenvalue weighted by atomic mass is 32.1. The Labute approximate surface area is 135 Å². The largest absolute Gasteiger partial charge is 0.414 e. The number of amides is 1. The maximum absolute atomic E-state index is 12.7. The average molecular weight is 350 g/mol. The van der Waals surface area contributed by atoms with Crippen LogP contribution in [0.5, 0.6) is 0 Å². The fourth-order valence-corrected chi connectivity index (χ4v) is 3.96. The number of carbonyl (C=O) groups is 1. The number of ether oxygens (including phenoxy) is 2. The second-order valence-electron chi connectivity index (χ2n) is 6.05. The van der Waals surface area contributed by atoms with Gasteiger partial charge in [-0.2, -0.15) is 13.2 Å². The van der Waals surface area contributed by atoms with Crippen molar-refractivity contribution in [3.63, 3.8) is 0 Å². The zero-order chi connectivity index (χ0) is 16.7. The third kappa shape index (κ3) is 3.51. The normalized spacial score (nSPS) is 29.4. The number of alkyl halides is 3. The van der Waals surface area contributed by atoms with Crippen molar-refractivity contribution in [2.75, 3.05) is 13.7 Å². The van der Waals surface area contributed by atoms with Crippen LogP contribution in [-0.2, 0) is 27.3 Å². The summed E-state index contributed by atoms with van der Waals surface area (Å²) in [6.45, 7) is 0.507. The lowest BCUT2D eigenvalue weighted by molar-refractivity contribution is -0.216. The van der Waals surface area contributed by atoms with Crippen LogP contribution in [0.3, 0.4) is 0 Å². The summed E-state index contributed by atoms with van der Waals surface area (Å²) in [6, 6.07) is 0. The van der Waals surface area contributed by atoms with E-state index in [4.69, 9.17) is 9.47 Å². The van der Waals surface area contributed by atoms with E-state index in [2.05, 4.69) is 10.3 Å². The molecular weight excluding hydrogens is 333 g/mol. The summed E-state index contributed by atoms with van der Waals surface area (Å²) in [6.07, 6.45) is -5.21. The van der Waals surface area contributed by atoms with Gasteiger partial charge in [0.2, 0.25) is 5.91 Å².